The highest BCUT2D eigenvalue weighted by Gasteiger charge is 2.40. The van der Waals surface area contributed by atoms with Crippen LogP contribution in [-0.2, 0) is 32.6 Å². The average Bonchev–Trinajstić information content (AvgIpc) is 3.53. The molecule has 34 heavy (non-hydrogen) atoms. The van der Waals surface area contributed by atoms with E-state index in [1.807, 2.05) is 19.1 Å². The normalized spacial score (nSPS) is 21.5. The largest absolute Gasteiger partial charge is 0.454 e. The van der Waals surface area contributed by atoms with E-state index in [0.29, 0.717) is 30.8 Å². The molecule has 2 aromatic rings. The molecule has 3 aliphatic heterocycles. The second kappa shape index (κ2) is 8.59. The Morgan fingerprint density at radius 1 is 1.12 bits per heavy atom. The molecule has 3 heterocycles. The van der Waals surface area contributed by atoms with Gasteiger partial charge >= 0.3 is 0 Å². The Kier molecular flexibility index (Phi) is 5.73. The number of nitrogens with zero attached hydrogens (tertiary/aromatic N) is 2. The van der Waals surface area contributed by atoms with Crippen molar-refractivity contribution in [2.75, 3.05) is 18.2 Å². The Balaban J connectivity index is 1.31. The lowest BCUT2D eigenvalue weighted by Gasteiger charge is -2.24. The topological polar surface area (TPSA) is 105 Å². The third-order valence-corrected chi connectivity index (χ3v) is 8.53. The molecular weight excluding hydrogens is 458 g/mol. The Labute approximate surface area is 198 Å². The monoisotopic (exact) mass is 485 g/mol. The van der Waals surface area contributed by atoms with Crippen LogP contribution in [0.25, 0.3) is 0 Å². The van der Waals surface area contributed by atoms with E-state index in [1.165, 1.54) is 17.3 Å². The van der Waals surface area contributed by atoms with Crippen molar-refractivity contribution in [3.63, 3.8) is 0 Å². The number of sulfonamides is 1. The molecule has 180 valence electrons. The summed E-state index contributed by atoms with van der Waals surface area (Å²) in [5.41, 5.74) is 2.41. The second-order valence-corrected chi connectivity index (χ2v) is 10.8. The summed E-state index contributed by atoms with van der Waals surface area (Å²) in [6, 6.07) is 9.52. The van der Waals surface area contributed by atoms with Crippen LogP contribution in [0.5, 0.6) is 11.5 Å². The molecule has 5 rings (SSSR count). The molecule has 1 N–H and O–H groups in total. The number of carbonyl (C=O) groups is 2. The number of ether oxygens (including phenoxy) is 2. The molecule has 1 saturated heterocycles. The van der Waals surface area contributed by atoms with Crippen LogP contribution in [0, 0.1) is 0 Å². The molecule has 0 radical (unpaired) electrons. The Bertz CT molecular complexity index is 1260. The number of hydrogen-bond donors (Lipinski definition) is 1. The van der Waals surface area contributed by atoms with Crippen molar-refractivity contribution in [2.24, 2.45) is 0 Å². The summed E-state index contributed by atoms with van der Waals surface area (Å²) in [4.78, 5) is 26.8. The summed E-state index contributed by atoms with van der Waals surface area (Å²) in [5.74, 6) is 0.904. The van der Waals surface area contributed by atoms with Crippen molar-refractivity contribution in [2.45, 2.75) is 56.6 Å². The molecule has 0 spiro atoms. The number of carbonyl (C=O) groups excluding carboxylic acids is 2. The molecule has 0 bridgehead atoms. The van der Waals surface area contributed by atoms with Crippen molar-refractivity contribution in [1.82, 2.24) is 9.62 Å². The first-order valence-electron chi connectivity index (χ1n) is 11.4. The summed E-state index contributed by atoms with van der Waals surface area (Å²) in [5, 5.41) is 2.87. The number of amides is 2. The minimum absolute atomic E-state index is 0.0213. The van der Waals surface area contributed by atoms with Crippen molar-refractivity contribution < 1.29 is 27.5 Å². The third kappa shape index (κ3) is 3.90. The summed E-state index contributed by atoms with van der Waals surface area (Å²) >= 11 is 0. The van der Waals surface area contributed by atoms with Gasteiger partial charge in [0.25, 0.3) is 0 Å². The second-order valence-electron chi connectivity index (χ2n) is 8.91. The Hall–Kier alpha value is -3.11. The van der Waals surface area contributed by atoms with Gasteiger partial charge in [-0.05, 0) is 67.6 Å². The maximum Gasteiger partial charge on any atom is 0.243 e. The highest BCUT2D eigenvalue weighted by molar-refractivity contribution is 7.89. The molecule has 9 nitrogen and oxygen atoms in total. The third-order valence-electron chi connectivity index (χ3n) is 6.62. The van der Waals surface area contributed by atoms with Crippen LogP contribution < -0.4 is 19.7 Å². The summed E-state index contributed by atoms with van der Waals surface area (Å²) in [6.45, 7) is 4.17. The van der Waals surface area contributed by atoms with E-state index in [2.05, 4.69) is 5.32 Å². The van der Waals surface area contributed by atoms with Gasteiger partial charge in [-0.25, -0.2) is 8.42 Å². The van der Waals surface area contributed by atoms with Gasteiger partial charge in [0, 0.05) is 31.7 Å². The maximum absolute atomic E-state index is 13.5. The van der Waals surface area contributed by atoms with Crippen molar-refractivity contribution in [1.29, 1.82) is 0 Å². The van der Waals surface area contributed by atoms with Crippen LogP contribution in [-0.4, -0.2) is 50.0 Å². The lowest BCUT2D eigenvalue weighted by atomic mass is 10.1. The molecule has 0 saturated carbocycles. The predicted octanol–water partition coefficient (Wildman–Crippen LogP) is 2.18. The van der Waals surface area contributed by atoms with E-state index in [-0.39, 0.29) is 42.6 Å². The number of anilines is 1. The van der Waals surface area contributed by atoms with E-state index >= 15 is 0 Å². The van der Waals surface area contributed by atoms with Gasteiger partial charge in [-0.3, -0.25) is 9.59 Å². The zero-order valence-corrected chi connectivity index (χ0v) is 19.9. The van der Waals surface area contributed by atoms with E-state index < -0.39 is 16.1 Å². The van der Waals surface area contributed by atoms with Crippen molar-refractivity contribution in [3.05, 3.63) is 47.5 Å². The van der Waals surface area contributed by atoms with Crippen LogP contribution in [0.1, 0.15) is 37.8 Å². The molecular formula is C24H27N3O6S. The van der Waals surface area contributed by atoms with Gasteiger partial charge in [0.2, 0.25) is 28.6 Å². The van der Waals surface area contributed by atoms with Gasteiger partial charge < -0.3 is 19.7 Å². The number of hydrogen-bond acceptors (Lipinski definition) is 6. The molecule has 2 atom stereocenters. The highest BCUT2D eigenvalue weighted by Crippen LogP contribution is 2.36. The fourth-order valence-electron chi connectivity index (χ4n) is 5.03. The molecule has 0 aromatic heterocycles. The first-order chi connectivity index (χ1) is 16.3. The fourth-order valence-corrected chi connectivity index (χ4v) is 6.74. The minimum atomic E-state index is -3.87. The lowest BCUT2D eigenvalue weighted by molar-refractivity contribution is -0.124. The summed E-state index contributed by atoms with van der Waals surface area (Å²) in [7, 11) is -3.87. The van der Waals surface area contributed by atoms with Crippen LogP contribution in [0.15, 0.2) is 41.3 Å². The van der Waals surface area contributed by atoms with Gasteiger partial charge in [-0.1, -0.05) is 6.07 Å². The van der Waals surface area contributed by atoms with Gasteiger partial charge in [-0.15, -0.1) is 0 Å². The predicted molar refractivity (Wildman–Crippen MR) is 124 cm³/mol. The number of fused-ring (bicyclic) bond motifs is 2. The van der Waals surface area contributed by atoms with E-state index in [4.69, 9.17) is 9.47 Å². The van der Waals surface area contributed by atoms with Gasteiger partial charge in [0.1, 0.15) is 6.04 Å². The summed E-state index contributed by atoms with van der Waals surface area (Å²) in [6.07, 6.45) is 1.67. The molecule has 2 amide bonds. The molecule has 2 aromatic carbocycles. The van der Waals surface area contributed by atoms with Crippen molar-refractivity contribution >= 4 is 27.5 Å². The standard InChI is InChI=1S/C24H27N3O6S/c1-15-10-18-12-19(6-7-20(18)27(15)16(2)28)34(30,31)26-9-3-4-21(26)24(29)25-13-17-5-8-22-23(11-17)33-14-32-22/h5-8,11-12,15,21H,3-4,9-10,13-14H2,1-2H3,(H,25,29)/t15-,21+/m0/s1. The van der Waals surface area contributed by atoms with Gasteiger partial charge in [0.15, 0.2) is 11.5 Å². The van der Waals surface area contributed by atoms with Crippen LogP contribution in [0.2, 0.25) is 0 Å². The van der Waals surface area contributed by atoms with Crippen LogP contribution in [0.4, 0.5) is 5.69 Å². The molecule has 1 fully saturated rings. The molecule has 0 unspecified atom stereocenters. The molecule has 10 heteroatoms. The molecule has 0 aliphatic carbocycles. The average molecular weight is 486 g/mol. The van der Waals surface area contributed by atoms with E-state index in [1.54, 1.807) is 23.1 Å². The highest BCUT2D eigenvalue weighted by atomic mass is 32.2. The summed E-state index contributed by atoms with van der Waals surface area (Å²) < 4.78 is 38.9. The van der Waals surface area contributed by atoms with Gasteiger partial charge in [-0.2, -0.15) is 4.31 Å². The van der Waals surface area contributed by atoms with Gasteiger partial charge in [0.05, 0.1) is 4.90 Å². The number of nitrogens with one attached hydrogen (secondary N) is 1. The number of benzene rings is 2. The quantitative estimate of drug-likeness (QED) is 0.696. The zero-order valence-electron chi connectivity index (χ0n) is 19.1. The Morgan fingerprint density at radius 3 is 2.71 bits per heavy atom. The zero-order chi connectivity index (χ0) is 24.0. The fraction of sp³-hybridized carbons (Fsp3) is 0.417. The smallest absolute Gasteiger partial charge is 0.243 e. The lowest BCUT2D eigenvalue weighted by Crippen LogP contribution is -2.45. The Morgan fingerprint density at radius 2 is 1.91 bits per heavy atom. The van der Waals surface area contributed by atoms with E-state index in [9.17, 15) is 18.0 Å². The SMILES string of the molecule is CC(=O)N1c2ccc(S(=O)(=O)N3CCC[C@@H]3C(=O)NCc3ccc4c(c3)OCO4)cc2C[C@@H]1C. The number of rotatable bonds is 5. The minimum Gasteiger partial charge on any atom is -0.454 e. The van der Waals surface area contributed by atoms with E-state index in [0.717, 1.165) is 16.8 Å². The first-order valence-corrected chi connectivity index (χ1v) is 12.8. The molecule has 3 aliphatic rings. The maximum atomic E-state index is 13.5. The van der Waals surface area contributed by atoms with Crippen molar-refractivity contribution in [3.8, 4) is 11.5 Å². The first kappa shape index (κ1) is 22.7. The van der Waals surface area contributed by atoms with Crippen LogP contribution >= 0.6 is 0 Å². The van der Waals surface area contributed by atoms with Crippen LogP contribution in [0.3, 0.4) is 0 Å².